The average Bonchev–Trinajstić information content (AvgIpc) is 2.09. The van der Waals surface area contributed by atoms with E-state index in [0.29, 0.717) is 11.7 Å². The maximum absolute atomic E-state index is 11.3. The molecule has 2 nitrogen and oxygen atoms in total. The molecule has 0 heterocycles. The molecule has 0 aliphatic heterocycles. The number of hydrogen-bond acceptors (Lipinski definition) is 2. The van der Waals surface area contributed by atoms with Crippen LogP contribution in [-0.4, -0.2) is 24.2 Å². The van der Waals surface area contributed by atoms with Crippen LogP contribution in [0.3, 0.4) is 0 Å². The van der Waals surface area contributed by atoms with Gasteiger partial charge in [0.15, 0.2) is 0 Å². The van der Waals surface area contributed by atoms with Gasteiger partial charge in [-0.15, -0.1) is 0 Å². The van der Waals surface area contributed by atoms with Crippen LogP contribution in [0.15, 0.2) is 0 Å². The molecule has 0 aromatic carbocycles. The van der Waals surface area contributed by atoms with Crippen molar-refractivity contribution in [1.82, 2.24) is 5.32 Å². The van der Waals surface area contributed by atoms with Gasteiger partial charge in [0.05, 0.1) is 0 Å². The minimum absolute atomic E-state index is 0. The van der Waals surface area contributed by atoms with Crippen molar-refractivity contribution in [3.8, 4) is 0 Å². The highest BCUT2D eigenvalue weighted by atomic mass is 79.9. The van der Waals surface area contributed by atoms with Gasteiger partial charge in [-0.05, 0) is 12.8 Å². The van der Waals surface area contributed by atoms with Gasteiger partial charge in [-0.2, -0.15) is 0 Å². The van der Waals surface area contributed by atoms with Gasteiger partial charge < -0.3 is 22.3 Å². The lowest BCUT2D eigenvalue weighted by molar-refractivity contribution is -0.124. The topological polar surface area (TPSA) is 29.1 Å². The Morgan fingerprint density at radius 3 is 2.85 bits per heavy atom. The number of Topliss-reactive ketones (excluding diaryl/α,β-unsaturated/α-hetero) is 1. The SMILES string of the molecule is O=C1CCCCC1CNCCBr.[Br-]. The van der Waals surface area contributed by atoms with E-state index in [1.165, 1.54) is 6.42 Å². The summed E-state index contributed by atoms with van der Waals surface area (Å²) in [7, 11) is 0. The highest BCUT2D eigenvalue weighted by Gasteiger charge is 2.20. The first kappa shape index (κ1) is 13.6. The molecule has 0 aromatic rings. The summed E-state index contributed by atoms with van der Waals surface area (Å²) in [5.41, 5.74) is 0. The van der Waals surface area contributed by atoms with Crippen molar-refractivity contribution in [3.05, 3.63) is 0 Å². The predicted octanol–water partition coefficient (Wildman–Crippen LogP) is -1.27. The molecule has 1 saturated carbocycles. The average molecular weight is 314 g/mol. The van der Waals surface area contributed by atoms with Crippen molar-refractivity contribution in [1.29, 1.82) is 0 Å². The van der Waals surface area contributed by atoms with Crippen LogP contribution in [-0.2, 0) is 4.79 Å². The zero-order valence-corrected chi connectivity index (χ0v) is 10.9. The van der Waals surface area contributed by atoms with E-state index in [4.69, 9.17) is 0 Å². The number of ketones is 1. The number of rotatable bonds is 4. The first-order chi connectivity index (χ1) is 5.84. The van der Waals surface area contributed by atoms with Crippen LogP contribution in [0.1, 0.15) is 25.7 Å². The van der Waals surface area contributed by atoms with E-state index in [-0.39, 0.29) is 17.0 Å². The highest BCUT2D eigenvalue weighted by Crippen LogP contribution is 2.19. The quantitative estimate of drug-likeness (QED) is 0.518. The van der Waals surface area contributed by atoms with Gasteiger partial charge in [0.1, 0.15) is 5.78 Å². The highest BCUT2D eigenvalue weighted by molar-refractivity contribution is 9.09. The molecule has 1 atom stereocenters. The van der Waals surface area contributed by atoms with Crippen molar-refractivity contribution < 1.29 is 21.8 Å². The number of alkyl halides is 1. The second kappa shape index (κ2) is 7.94. The van der Waals surface area contributed by atoms with Gasteiger partial charge in [-0.1, -0.05) is 22.4 Å². The van der Waals surface area contributed by atoms with Crippen molar-refractivity contribution in [2.75, 3.05) is 18.4 Å². The smallest absolute Gasteiger partial charge is 0.137 e. The molecule has 0 radical (unpaired) electrons. The summed E-state index contributed by atoms with van der Waals surface area (Å²) in [6.45, 7) is 1.84. The Bertz CT molecular complexity index is 153. The lowest BCUT2D eigenvalue weighted by Crippen LogP contribution is -3.00. The molecular weight excluding hydrogens is 298 g/mol. The van der Waals surface area contributed by atoms with E-state index in [1.54, 1.807) is 0 Å². The molecule has 1 aliphatic rings. The molecule has 0 spiro atoms. The van der Waals surface area contributed by atoms with E-state index in [1.807, 2.05) is 0 Å². The molecule has 1 unspecified atom stereocenters. The molecule has 1 fully saturated rings. The van der Waals surface area contributed by atoms with Crippen molar-refractivity contribution >= 4 is 21.7 Å². The molecule has 4 heteroatoms. The lowest BCUT2D eigenvalue weighted by atomic mass is 9.88. The molecule has 0 saturated heterocycles. The molecule has 1 aliphatic carbocycles. The Morgan fingerprint density at radius 2 is 2.23 bits per heavy atom. The molecule has 0 aromatic heterocycles. The molecule has 1 rings (SSSR count). The molecule has 0 amide bonds. The number of hydrogen-bond donors (Lipinski definition) is 1. The summed E-state index contributed by atoms with van der Waals surface area (Å²) in [6, 6.07) is 0. The van der Waals surface area contributed by atoms with Gasteiger partial charge in [0.2, 0.25) is 0 Å². The Hall–Kier alpha value is 0.590. The summed E-state index contributed by atoms with van der Waals surface area (Å²) >= 11 is 3.34. The third kappa shape index (κ3) is 5.13. The summed E-state index contributed by atoms with van der Waals surface area (Å²) in [4.78, 5) is 11.3. The van der Waals surface area contributed by atoms with Crippen molar-refractivity contribution in [2.24, 2.45) is 5.92 Å². The van der Waals surface area contributed by atoms with Crippen LogP contribution in [0, 0.1) is 5.92 Å². The molecule has 1 N–H and O–H groups in total. The summed E-state index contributed by atoms with van der Waals surface area (Å²) < 4.78 is 0. The van der Waals surface area contributed by atoms with E-state index in [0.717, 1.165) is 37.7 Å². The van der Waals surface area contributed by atoms with Crippen LogP contribution in [0.4, 0.5) is 0 Å². The maximum Gasteiger partial charge on any atom is 0.137 e. The fraction of sp³-hybridized carbons (Fsp3) is 0.889. The summed E-state index contributed by atoms with van der Waals surface area (Å²) in [6.07, 6.45) is 4.23. The van der Waals surface area contributed by atoms with E-state index >= 15 is 0 Å². The van der Waals surface area contributed by atoms with Crippen LogP contribution < -0.4 is 22.3 Å². The van der Waals surface area contributed by atoms with Crippen molar-refractivity contribution in [3.63, 3.8) is 0 Å². The zero-order chi connectivity index (χ0) is 8.81. The fourth-order valence-electron chi connectivity index (χ4n) is 1.61. The molecular formula is C9H16Br2NO-. The zero-order valence-electron chi connectivity index (χ0n) is 7.69. The number of nitrogens with one attached hydrogen (secondary N) is 1. The first-order valence-electron chi connectivity index (χ1n) is 4.64. The van der Waals surface area contributed by atoms with Crippen LogP contribution in [0.25, 0.3) is 0 Å². The standard InChI is InChI=1S/C9H16BrNO.BrH/c10-5-6-11-7-8-3-1-2-4-9(8)12;/h8,11H,1-7H2;1H/p-1. The molecule has 78 valence electrons. The molecule has 0 bridgehead atoms. The fourth-order valence-corrected chi connectivity index (χ4v) is 1.89. The minimum atomic E-state index is 0. The predicted molar refractivity (Wildman–Crippen MR) is 53.6 cm³/mol. The van der Waals surface area contributed by atoms with Gasteiger partial charge in [0.25, 0.3) is 0 Å². The maximum atomic E-state index is 11.3. The van der Waals surface area contributed by atoms with E-state index < -0.39 is 0 Å². The van der Waals surface area contributed by atoms with Crippen LogP contribution >= 0.6 is 15.9 Å². The van der Waals surface area contributed by atoms with Gasteiger partial charge in [-0.3, -0.25) is 4.79 Å². The normalized spacial score (nSPS) is 22.5. The van der Waals surface area contributed by atoms with Crippen LogP contribution in [0.5, 0.6) is 0 Å². The second-order valence-corrected chi connectivity index (χ2v) is 4.10. The first-order valence-corrected chi connectivity index (χ1v) is 5.76. The van der Waals surface area contributed by atoms with Gasteiger partial charge in [0, 0.05) is 30.8 Å². The van der Waals surface area contributed by atoms with Gasteiger partial charge in [-0.25, -0.2) is 0 Å². The summed E-state index contributed by atoms with van der Waals surface area (Å²) in [5, 5.41) is 4.23. The summed E-state index contributed by atoms with van der Waals surface area (Å²) in [5.74, 6) is 0.765. The second-order valence-electron chi connectivity index (χ2n) is 3.30. The number of halogens is 2. The molecule has 13 heavy (non-hydrogen) atoms. The Balaban J connectivity index is 0.00000144. The monoisotopic (exact) mass is 312 g/mol. The van der Waals surface area contributed by atoms with Crippen molar-refractivity contribution in [2.45, 2.75) is 25.7 Å². The van der Waals surface area contributed by atoms with E-state index in [9.17, 15) is 4.79 Å². The Kier molecular flexibility index (Phi) is 8.31. The van der Waals surface area contributed by atoms with Crippen LogP contribution in [0.2, 0.25) is 0 Å². The largest absolute Gasteiger partial charge is 1.00 e. The number of carbonyl (C=O) groups excluding carboxylic acids is 1. The Morgan fingerprint density at radius 1 is 1.46 bits per heavy atom. The number of carbonyl (C=O) groups is 1. The van der Waals surface area contributed by atoms with Gasteiger partial charge >= 0.3 is 0 Å². The Labute approximate surface area is 98.7 Å². The lowest BCUT2D eigenvalue weighted by Gasteiger charge is -2.20. The third-order valence-corrected chi connectivity index (χ3v) is 2.74. The van der Waals surface area contributed by atoms with E-state index in [2.05, 4.69) is 21.2 Å². The third-order valence-electron chi connectivity index (χ3n) is 2.34. The minimum Gasteiger partial charge on any atom is -1.00 e.